The summed E-state index contributed by atoms with van der Waals surface area (Å²) < 4.78 is 11.0. The highest BCUT2D eigenvalue weighted by Gasteiger charge is 2.21. The van der Waals surface area contributed by atoms with E-state index in [1.165, 1.54) is 6.33 Å². The molecule has 0 fully saturated rings. The number of hydrogen-bond donors (Lipinski definition) is 1. The number of rotatable bonds is 3. The molecule has 6 heteroatoms. The number of aromatic hydroxyl groups is 1. The highest BCUT2D eigenvalue weighted by molar-refractivity contribution is 5.72. The van der Waals surface area contributed by atoms with Gasteiger partial charge in [0.25, 0.3) is 0 Å². The SMILES string of the molecule is COc1cc(N2CCOc3c(O)cc(-c4ccccc4C)cc3C2)ncn1. The first-order valence-electron chi connectivity index (χ1n) is 8.81. The minimum atomic E-state index is 0.160. The van der Waals surface area contributed by atoms with Crippen molar-refractivity contribution in [3.8, 4) is 28.5 Å². The molecule has 0 unspecified atom stereocenters. The Bertz CT molecular complexity index is 975. The Kier molecular flexibility index (Phi) is 4.54. The van der Waals surface area contributed by atoms with Crippen molar-refractivity contribution in [1.29, 1.82) is 0 Å². The van der Waals surface area contributed by atoms with Crippen LogP contribution in [-0.4, -0.2) is 35.3 Å². The summed E-state index contributed by atoms with van der Waals surface area (Å²) in [6, 6.07) is 13.8. The summed E-state index contributed by atoms with van der Waals surface area (Å²) in [6.45, 7) is 3.74. The molecule has 6 nitrogen and oxygen atoms in total. The van der Waals surface area contributed by atoms with Crippen LogP contribution >= 0.6 is 0 Å². The van der Waals surface area contributed by atoms with Crippen LogP contribution in [0.15, 0.2) is 48.8 Å². The number of nitrogens with zero attached hydrogens (tertiary/aromatic N) is 3. The molecule has 0 saturated heterocycles. The Morgan fingerprint density at radius 3 is 2.81 bits per heavy atom. The fraction of sp³-hybridized carbons (Fsp3) is 0.238. The lowest BCUT2D eigenvalue weighted by atomic mass is 9.98. The zero-order chi connectivity index (χ0) is 18.8. The molecular weight excluding hydrogens is 342 g/mol. The predicted octanol–water partition coefficient (Wildman–Crippen LogP) is 3.57. The van der Waals surface area contributed by atoms with Crippen LogP contribution < -0.4 is 14.4 Å². The molecule has 1 aliphatic heterocycles. The second-order valence-corrected chi connectivity index (χ2v) is 6.49. The average molecular weight is 363 g/mol. The third kappa shape index (κ3) is 3.38. The first-order chi connectivity index (χ1) is 13.2. The van der Waals surface area contributed by atoms with Crippen LogP contribution in [-0.2, 0) is 6.54 Å². The lowest BCUT2D eigenvalue weighted by molar-refractivity contribution is 0.311. The number of phenols is 1. The van der Waals surface area contributed by atoms with E-state index in [1.54, 1.807) is 19.2 Å². The van der Waals surface area contributed by atoms with Crippen molar-refractivity contribution in [2.75, 3.05) is 25.2 Å². The van der Waals surface area contributed by atoms with Gasteiger partial charge in [0.2, 0.25) is 5.88 Å². The molecule has 0 atom stereocenters. The van der Waals surface area contributed by atoms with Crippen molar-refractivity contribution in [1.82, 2.24) is 9.97 Å². The minimum Gasteiger partial charge on any atom is -0.504 e. The Balaban J connectivity index is 1.74. The fourth-order valence-corrected chi connectivity index (χ4v) is 3.36. The number of fused-ring (bicyclic) bond motifs is 1. The van der Waals surface area contributed by atoms with Gasteiger partial charge in [-0.3, -0.25) is 0 Å². The van der Waals surface area contributed by atoms with E-state index in [1.807, 2.05) is 12.1 Å². The van der Waals surface area contributed by atoms with Gasteiger partial charge in [-0.15, -0.1) is 0 Å². The topological polar surface area (TPSA) is 67.7 Å². The van der Waals surface area contributed by atoms with Gasteiger partial charge in [-0.2, -0.15) is 0 Å². The molecule has 1 N–H and O–H groups in total. The number of ether oxygens (including phenoxy) is 2. The maximum Gasteiger partial charge on any atom is 0.218 e. The number of aromatic nitrogens is 2. The van der Waals surface area contributed by atoms with E-state index < -0.39 is 0 Å². The lowest BCUT2D eigenvalue weighted by Gasteiger charge is -2.21. The zero-order valence-electron chi connectivity index (χ0n) is 15.3. The van der Waals surface area contributed by atoms with Crippen LogP contribution in [0.4, 0.5) is 5.82 Å². The summed E-state index contributed by atoms with van der Waals surface area (Å²) in [6.07, 6.45) is 1.49. The normalized spacial score (nSPS) is 13.5. The van der Waals surface area contributed by atoms with Gasteiger partial charge in [0.15, 0.2) is 11.5 Å². The molecule has 2 aromatic carbocycles. The second-order valence-electron chi connectivity index (χ2n) is 6.49. The molecule has 138 valence electrons. The number of methoxy groups -OCH3 is 1. The van der Waals surface area contributed by atoms with E-state index in [0.29, 0.717) is 31.3 Å². The van der Waals surface area contributed by atoms with Crippen molar-refractivity contribution >= 4 is 5.82 Å². The van der Waals surface area contributed by atoms with Crippen LogP contribution in [0.25, 0.3) is 11.1 Å². The van der Waals surface area contributed by atoms with E-state index >= 15 is 0 Å². The van der Waals surface area contributed by atoms with E-state index in [4.69, 9.17) is 9.47 Å². The summed E-state index contributed by atoms with van der Waals surface area (Å²) in [4.78, 5) is 10.5. The van der Waals surface area contributed by atoms with Crippen LogP contribution in [0.1, 0.15) is 11.1 Å². The number of benzene rings is 2. The first-order valence-corrected chi connectivity index (χ1v) is 8.81. The average Bonchev–Trinajstić information content (AvgIpc) is 2.91. The van der Waals surface area contributed by atoms with Crippen molar-refractivity contribution < 1.29 is 14.6 Å². The van der Waals surface area contributed by atoms with Gasteiger partial charge in [0, 0.05) is 18.2 Å². The molecule has 3 aromatic rings. The Morgan fingerprint density at radius 2 is 2.00 bits per heavy atom. The Hall–Kier alpha value is -3.28. The number of hydrogen-bond acceptors (Lipinski definition) is 6. The molecule has 4 rings (SSSR count). The zero-order valence-corrected chi connectivity index (χ0v) is 15.3. The molecule has 2 heterocycles. The Morgan fingerprint density at radius 1 is 1.15 bits per heavy atom. The van der Waals surface area contributed by atoms with Gasteiger partial charge >= 0.3 is 0 Å². The number of aryl methyl sites for hydroxylation is 1. The molecule has 27 heavy (non-hydrogen) atoms. The standard InChI is InChI=1S/C21H21N3O3/c1-14-5-3-4-6-17(14)15-9-16-12-24(7-8-27-21(16)18(25)10-15)19-11-20(26-2)23-13-22-19/h3-6,9-11,13,25H,7-8,12H2,1-2H3. The van der Waals surface area contributed by atoms with E-state index in [0.717, 1.165) is 28.1 Å². The van der Waals surface area contributed by atoms with Gasteiger partial charge in [-0.05, 0) is 35.7 Å². The molecule has 0 amide bonds. The second kappa shape index (κ2) is 7.15. The van der Waals surface area contributed by atoms with Gasteiger partial charge in [0.1, 0.15) is 18.8 Å². The van der Waals surface area contributed by atoms with Gasteiger partial charge < -0.3 is 19.5 Å². The molecule has 1 aliphatic rings. The molecule has 0 bridgehead atoms. The third-order valence-electron chi connectivity index (χ3n) is 4.73. The van der Waals surface area contributed by atoms with E-state index in [2.05, 4.69) is 40.0 Å². The van der Waals surface area contributed by atoms with Crippen LogP contribution in [0.5, 0.6) is 17.4 Å². The molecule has 0 spiro atoms. The molecular formula is C21H21N3O3. The van der Waals surface area contributed by atoms with E-state index in [-0.39, 0.29) is 5.75 Å². The fourth-order valence-electron chi connectivity index (χ4n) is 3.36. The molecule has 0 saturated carbocycles. The largest absolute Gasteiger partial charge is 0.504 e. The quantitative estimate of drug-likeness (QED) is 0.767. The number of phenolic OH excluding ortho intramolecular Hbond substituents is 1. The van der Waals surface area contributed by atoms with Crippen molar-refractivity contribution in [2.45, 2.75) is 13.5 Å². The summed E-state index contributed by atoms with van der Waals surface area (Å²) in [5, 5.41) is 10.6. The first kappa shape index (κ1) is 17.1. The van der Waals surface area contributed by atoms with Crippen LogP contribution in [0.2, 0.25) is 0 Å². The van der Waals surface area contributed by atoms with Crippen molar-refractivity contribution in [3.05, 3.63) is 59.9 Å². The monoisotopic (exact) mass is 363 g/mol. The third-order valence-corrected chi connectivity index (χ3v) is 4.73. The molecule has 0 radical (unpaired) electrons. The predicted molar refractivity (Wildman–Crippen MR) is 103 cm³/mol. The smallest absolute Gasteiger partial charge is 0.218 e. The van der Waals surface area contributed by atoms with Crippen LogP contribution in [0.3, 0.4) is 0 Å². The highest BCUT2D eigenvalue weighted by Crippen LogP contribution is 2.39. The lowest BCUT2D eigenvalue weighted by Crippen LogP contribution is -2.26. The molecule has 0 aliphatic carbocycles. The maximum absolute atomic E-state index is 10.6. The van der Waals surface area contributed by atoms with E-state index in [9.17, 15) is 5.11 Å². The van der Waals surface area contributed by atoms with Gasteiger partial charge in [0.05, 0.1) is 13.7 Å². The van der Waals surface area contributed by atoms with Gasteiger partial charge in [-0.1, -0.05) is 24.3 Å². The van der Waals surface area contributed by atoms with Crippen molar-refractivity contribution in [3.63, 3.8) is 0 Å². The summed E-state index contributed by atoms with van der Waals surface area (Å²) in [7, 11) is 1.58. The summed E-state index contributed by atoms with van der Waals surface area (Å²) in [5.41, 5.74) is 4.14. The summed E-state index contributed by atoms with van der Waals surface area (Å²) in [5.74, 6) is 1.98. The summed E-state index contributed by atoms with van der Waals surface area (Å²) >= 11 is 0. The Labute approximate surface area is 158 Å². The molecule has 1 aromatic heterocycles. The minimum absolute atomic E-state index is 0.160. The van der Waals surface area contributed by atoms with Crippen LogP contribution in [0, 0.1) is 6.92 Å². The number of anilines is 1. The van der Waals surface area contributed by atoms with Gasteiger partial charge in [-0.25, -0.2) is 9.97 Å². The van der Waals surface area contributed by atoms with Crippen molar-refractivity contribution in [2.24, 2.45) is 0 Å². The maximum atomic E-state index is 10.6. The highest BCUT2D eigenvalue weighted by atomic mass is 16.5.